The summed E-state index contributed by atoms with van der Waals surface area (Å²) in [5.41, 5.74) is -2.31. The lowest BCUT2D eigenvalue weighted by Gasteiger charge is -2.32. The van der Waals surface area contributed by atoms with Crippen LogP contribution in [0.4, 0.5) is 5.69 Å². The molecule has 4 aliphatic rings. The van der Waals surface area contributed by atoms with Crippen LogP contribution in [-0.2, 0) is 19.2 Å². The highest BCUT2D eigenvalue weighted by atomic mass is 16.5. The molecule has 4 atom stereocenters. The minimum atomic E-state index is -1.02. The SMILES string of the molecule is CC1(C)C(=O)C2(C(=O)Nc3ccc(OC(=O)C45CCC(C4)C(C)(C)C5=O)cc3)CCC1C2. The molecule has 32 heavy (non-hydrogen) atoms. The molecule has 0 aliphatic heterocycles. The van der Waals surface area contributed by atoms with Crippen molar-refractivity contribution in [2.75, 3.05) is 5.32 Å². The number of amides is 1. The second-order valence-electron chi connectivity index (χ2n) is 11.5. The van der Waals surface area contributed by atoms with Crippen LogP contribution in [0.1, 0.15) is 66.2 Å². The molecular formula is C26H31NO5. The molecule has 4 bridgehead atoms. The molecular weight excluding hydrogens is 406 g/mol. The van der Waals surface area contributed by atoms with Crippen molar-refractivity contribution < 1.29 is 23.9 Å². The van der Waals surface area contributed by atoms with Crippen molar-refractivity contribution in [1.82, 2.24) is 0 Å². The number of ether oxygens (including phenoxy) is 1. The van der Waals surface area contributed by atoms with Crippen LogP contribution in [0.5, 0.6) is 5.75 Å². The summed E-state index contributed by atoms with van der Waals surface area (Å²) in [5, 5.41) is 2.89. The second-order valence-corrected chi connectivity index (χ2v) is 11.5. The monoisotopic (exact) mass is 437 g/mol. The Morgan fingerprint density at radius 1 is 0.844 bits per heavy atom. The highest BCUT2D eigenvalue weighted by Crippen LogP contribution is 2.61. The van der Waals surface area contributed by atoms with Gasteiger partial charge in [0.2, 0.25) is 5.91 Å². The lowest BCUT2D eigenvalue weighted by atomic mass is 9.70. The molecule has 0 heterocycles. The summed E-state index contributed by atoms with van der Waals surface area (Å²) in [6.07, 6.45) is 4.12. The first kappa shape index (κ1) is 21.4. The molecule has 4 saturated carbocycles. The zero-order valence-corrected chi connectivity index (χ0v) is 19.2. The van der Waals surface area contributed by atoms with Gasteiger partial charge in [0.25, 0.3) is 0 Å². The van der Waals surface area contributed by atoms with E-state index in [1.807, 2.05) is 27.7 Å². The fraction of sp³-hybridized carbons (Fsp3) is 0.615. The van der Waals surface area contributed by atoms with Crippen molar-refractivity contribution in [3.05, 3.63) is 24.3 Å². The van der Waals surface area contributed by atoms with Gasteiger partial charge in [0.15, 0.2) is 11.6 Å². The molecule has 6 nitrogen and oxygen atoms in total. The van der Waals surface area contributed by atoms with E-state index < -0.39 is 27.6 Å². The lowest BCUT2D eigenvalue weighted by Crippen LogP contribution is -2.44. The summed E-state index contributed by atoms with van der Waals surface area (Å²) in [6, 6.07) is 6.58. The van der Waals surface area contributed by atoms with E-state index in [0.29, 0.717) is 37.1 Å². The van der Waals surface area contributed by atoms with Crippen molar-refractivity contribution in [2.24, 2.45) is 33.5 Å². The Hall–Kier alpha value is -2.50. The third kappa shape index (κ3) is 2.64. The topological polar surface area (TPSA) is 89.5 Å². The van der Waals surface area contributed by atoms with Crippen molar-refractivity contribution in [3.63, 3.8) is 0 Å². The molecule has 4 aliphatic carbocycles. The lowest BCUT2D eigenvalue weighted by molar-refractivity contribution is -0.154. The van der Waals surface area contributed by atoms with E-state index in [1.54, 1.807) is 24.3 Å². The van der Waals surface area contributed by atoms with Gasteiger partial charge in [-0.15, -0.1) is 0 Å². The number of rotatable bonds is 4. The number of benzene rings is 1. The van der Waals surface area contributed by atoms with Gasteiger partial charge in [-0.1, -0.05) is 27.7 Å². The van der Waals surface area contributed by atoms with Crippen LogP contribution in [0.3, 0.4) is 0 Å². The van der Waals surface area contributed by atoms with E-state index in [9.17, 15) is 19.2 Å². The number of hydrogen-bond donors (Lipinski definition) is 1. The van der Waals surface area contributed by atoms with Crippen molar-refractivity contribution in [2.45, 2.75) is 66.2 Å². The largest absolute Gasteiger partial charge is 0.426 e. The van der Waals surface area contributed by atoms with Gasteiger partial charge in [-0.05, 0) is 74.6 Å². The Kier molecular flexibility index (Phi) is 4.35. The number of carbonyl (C=O) groups excluding carboxylic acids is 4. The summed E-state index contributed by atoms with van der Waals surface area (Å²) in [6.45, 7) is 7.74. The summed E-state index contributed by atoms with van der Waals surface area (Å²) >= 11 is 0. The minimum absolute atomic E-state index is 0.00610. The zero-order chi connectivity index (χ0) is 23.1. The quantitative estimate of drug-likeness (QED) is 0.430. The minimum Gasteiger partial charge on any atom is -0.426 e. The molecule has 1 N–H and O–H groups in total. The van der Waals surface area contributed by atoms with Crippen molar-refractivity contribution in [3.8, 4) is 5.75 Å². The summed E-state index contributed by atoms with van der Waals surface area (Å²) in [4.78, 5) is 51.9. The van der Waals surface area contributed by atoms with Crippen molar-refractivity contribution >= 4 is 29.1 Å². The summed E-state index contributed by atoms with van der Waals surface area (Å²) < 4.78 is 5.61. The Morgan fingerprint density at radius 2 is 1.34 bits per heavy atom. The van der Waals surface area contributed by atoms with Crippen LogP contribution >= 0.6 is 0 Å². The van der Waals surface area contributed by atoms with Gasteiger partial charge in [0.05, 0.1) is 0 Å². The maximum Gasteiger partial charge on any atom is 0.325 e. The first-order chi connectivity index (χ1) is 14.9. The van der Waals surface area contributed by atoms with Gasteiger partial charge in [0.1, 0.15) is 16.6 Å². The van der Waals surface area contributed by atoms with E-state index in [2.05, 4.69) is 5.32 Å². The maximum atomic E-state index is 13.1. The third-order valence-corrected chi connectivity index (χ3v) is 9.26. The van der Waals surface area contributed by atoms with Crippen molar-refractivity contribution in [1.29, 1.82) is 0 Å². The summed E-state index contributed by atoms with van der Waals surface area (Å²) in [7, 11) is 0. The molecule has 1 aromatic carbocycles. The fourth-order valence-corrected chi connectivity index (χ4v) is 6.99. The van der Waals surface area contributed by atoms with Gasteiger partial charge in [-0.2, -0.15) is 0 Å². The number of carbonyl (C=O) groups is 4. The normalized spacial score (nSPS) is 35.9. The predicted molar refractivity (Wildman–Crippen MR) is 118 cm³/mol. The van der Waals surface area contributed by atoms with Gasteiger partial charge >= 0.3 is 5.97 Å². The van der Waals surface area contributed by atoms with Gasteiger partial charge in [0, 0.05) is 16.5 Å². The maximum absolute atomic E-state index is 13.1. The van der Waals surface area contributed by atoms with E-state index in [4.69, 9.17) is 4.74 Å². The van der Waals surface area contributed by atoms with E-state index in [-0.39, 0.29) is 29.3 Å². The molecule has 170 valence electrons. The Balaban J connectivity index is 1.27. The first-order valence-corrected chi connectivity index (χ1v) is 11.7. The molecule has 6 heteroatoms. The Bertz CT molecular complexity index is 956. The van der Waals surface area contributed by atoms with Crippen LogP contribution in [0.15, 0.2) is 24.3 Å². The van der Waals surface area contributed by atoms with E-state index >= 15 is 0 Å². The van der Waals surface area contributed by atoms with Crippen LogP contribution < -0.4 is 10.1 Å². The average Bonchev–Trinajstić information content (AvgIpc) is 3.47. The first-order valence-electron chi connectivity index (χ1n) is 11.7. The number of hydrogen-bond acceptors (Lipinski definition) is 5. The standard InChI is InChI=1S/C26H31NO5/c1-23(2)15-9-11-25(13-15,19(23)28)21(30)27-17-5-7-18(8-6-17)32-22(31)26-12-10-16(14-26)24(3,4)20(26)29/h5-8,15-16H,9-14H2,1-4H3,(H,27,30). The Labute approximate surface area is 188 Å². The van der Waals surface area contributed by atoms with Crippen LogP contribution in [0.25, 0.3) is 0 Å². The second kappa shape index (κ2) is 6.52. The molecule has 0 saturated heterocycles. The molecule has 4 unspecified atom stereocenters. The number of ketones is 2. The van der Waals surface area contributed by atoms with Gasteiger partial charge in [-0.25, -0.2) is 0 Å². The number of anilines is 1. The number of nitrogens with one attached hydrogen (secondary N) is 1. The average molecular weight is 438 g/mol. The molecule has 1 amide bonds. The van der Waals surface area contributed by atoms with Gasteiger partial charge in [-0.3, -0.25) is 19.2 Å². The highest BCUT2D eigenvalue weighted by molar-refractivity contribution is 6.15. The van der Waals surface area contributed by atoms with Crippen LogP contribution in [0.2, 0.25) is 0 Å². The predicted octanol–water partition coefficient (Wildman–Crippen LogP) is 4.32. The van der Waals surface area contributed by atoms with Crippen LogP contribution in [-0.4, -0.2) is 23.4 Å². The number of Topliss-reactive ketones (excluding diaryl/α,β-unsaturated/α-hetero) is 2. The molecule has 0 spiro atoms. The molecule has 0 aromatic heterocycles. The number of esters is 1. The van der Waals surface area contributed by atoms with E-state index in [1.165, 1.54) is 0 Å². The molecule has 5 rings (SSSR count). The van der Waals surface area contributed by atoms with Crippen LogP contribution in [0, 0.1) is 33.5 Å². The fourth-order valence-electron chi connectivity index (χ4n) is 6.99. The Morgan fingerprint density at radius 3 is 1.84 bits per heavy atom. The molecule has 4 fully saturated rings. The van der Waals surface area contributed by atoms with Gasteiger partial charge < -0.3 is 10.1 Å². The highest BCUT2D eigenvalue weighted by Gasteiger charge is 2.66. The summed E-state index contributed by atoms with van der Waals surface area (Å²) in [5.74, 6) is 0.173. The van der Waals surface area contributed by atoms with E-state index in [0.717, 1.165) is 12.8 Å². The smallest absolute Gasteiger partial charge is 0.325 e. The number of fused-ring (bicyclic) bond motifs is 4. The molecule has 0 radical (unpaired) electrons. The zero-order valence-electron chi connectivity index (χ0n) is 19.2. The third-order valence-electron chi connectivity index (χ3n) is 9.26. The molecule has 1 aromatic rings.